The Bertz CT molecular complexity index is 262. The minimum atomic E-state index is -1.37. The fraction of sp³-hybridized carbons (Fsp3) is 0.200. The quantitative estimate of drug-likeness (QED) is 0.649. The zero-order valence-electron chi connectivity index (χ0n) is 6.94. The summed E-state index contributed by atoms with van der Waals surface area (Å²) in [6.45, 7) is 1.84. The number of rotatable bonds is 2. The van der Waals surface area contributed by atoms with Crippen molar-refractivity contribution in [3.63, 3.8) is 0 Å². The third kappa shape index (κ3) is 2.49. The van der Waals surface area contributed by atoms with E-state index in [-0.39, 0.29) is 0 Å². The van der Waals surface area contributed by atoms with Crippen LogP contribution in [-0.4, -0.2) is 16.5 Å². The number of aliphatic hydroxyl groups is 2. The van der Waals surface area contributed by atoms with Gasteiger partial charge in [-0.2, -0.15) is 0 Å². The molecule has 0 atom stereocenters. The number of aliphatic hydroxyl groups excluding tert-OH is 1. The predicted octanol–water partition coefficient (Wildman–Crippen LogP) is 1.40. The van der Waals surface area contributed by atoms with Gasteiger partial charge in [-0.15, -0.1) is 0 Å². The van der Waals surface area contributed by atoms with E-state index >= 15 is 0 Å². The van der Waals surface area contributed by atoms with Gasteiger partial charge in [-0.1, -0.05) is 30.3 Å². The lowest BCUT2D eigenvalue weighted by Crippen LogP contribution is -1.99. The smallest absolute Gasteiger partial charge is 0.171 e. The summed E-state index contributed by atoms with van der Waals surface area (Å²) in [5, 5.41) is 17.3. The molecule has 0 heterocycles. The van der Waals surface area contributed by atoms with Crippen LogP contribution in [0.5, 0.6) is 0 Å². The van der Waals surface area contributed by atoms with Gasteiger partial charge in [0.05, 0.1) is 0 Å². The molecule has 0 fully saturated rings. The molecule has 0 spiro atoms. The highest BCUT2D eigenvalue weighted by atomic mass is 16.5. The van der Waals surface area contributed by atoms with Gasteiger partial charge in [-0.3, -0.25) is 0 Å². The molecule has 2 N–H and O–H groups in total. The van der Waals surface area contributed by atoms with Crippen LogP contribution in [0.25, 0.3) is 5.57 Å². The van der Waals surface area contributed by atoms with Crippen molar-refractivity contribution in [1.29, 1.82) is 0 Å². The van der Waals surface area contributed by atoms with Gasteiger partial charge in [-0.05, 0) is 24.1 Å². The molecule has 0 bridgehead atoms. The maximum absolute atomic E-state index is 8.66. The molecule has 1 aromatic carbocycles. The van der Waals surface area contributed by atoms with Crippen LogP contribution in [0.2, 0.25) is 0 Å². The Kier molecular flexibility index (Phi) is 3.02. The summed E-state index contributed by atoms with van der Waals surface area (Å²) in [4.78, 5) is 0. The van der Waals surface area contributed by atoms with Crippen molar-refractivity contribution < 1.29 is 10.2 Å². The molecule has 1 rings (SSSR count). The second-order valence-electron chi connectivity index (χ2n) is 2.63. The van der Waals surface area contributed by atoms with E-state index < -0.39 is 6.29 Å². The molecule has 0 aliphatic heterocycles. The van der Waals surface area contributed by atoms with Gasteiger partial charge in [0.15, 0.2) is 6.29 Å². The van der Waals surface area contributed by atoms with Crippen molar-refractivity contribution in [3.05, 3.63) is 42.0 Å². The van der Waals surface area contributed by atoms with E-state index in [2.05, 4.69) is 0 Å². The van der Waals surface area contributed by atoms with Crippen LogP contribution >= 0.6 is 0 Å². The van der Waals surface area contributed by atoms with Crippen LogP contribution in [0.1, 0.15) is 12.5 Å². The minimum absolute atomic E-state index is 0.866. The summed E-state index contributed by atoms with van der Waals surface area (Å²) in [6.07, 6.45) is 0.0280. The average Bonchev–Trinajstić information content (AvgIpc) is 2.05. The molecule has 0 amide bonds. The lowest BCUT2D eigenvalue weighted by atomic mass is 10.1. The Morgan fingerprint density at radius 1 is 1.25 bits per heavy atom. The predicted molar refractivity (Wildman–Crippen MR) is 48.3 cm³/mol. The molecule has 12 heavy (non-hydrogen) atoms. The van der Waals surface area contributed by atoms with Crippen molar-refractivity contribution in [3.8, 4) is 0 Å². The summed E-state index contributed by atoms with van der Waals surface area (Å²) >= 11 is 0. The van der Waals surface area contributed by atoms with Crippen LogP contribution < -0.4 is 0 Å². The second-order valence-corrected chi connectivity index (χ2v) is 2.63. The molecular formula is C10H12O2. The summed E-state index contributed by atoms with van der Waals surface area (Å²) in [7, 11) is 0. The van der Waals surface area contributed by atoms with E-state index in [0.717, 1.165) is 11.1 Å². The van der Waals surface area contributed by atoms with Gasteiger partial charge in [0.1, 0.15) is 0 Å². The van der Waals surface area contributed by atoms with Crippen molar-refractivity contribution in [2.45, 2.75) is 13.2 Å². The summed E-state index contributed by atoms with van der Waals surface area (Å²) in [5.74, 6) is 0. The summed E-state index contributed by atoms with van der Waals surface area (Å²) in [5.41, 5.74) is 1.87. The number of allylic oxidation sites excluding steroid dienone is 1. The fourth-order valence-corrected chi connectivity index (χ4v) is 1.02. The topological polar surface area (TPSA) is 40.5 Å². The first-order chi connectivity index (χ1) is 5.70. The van der Waals surface area contributed by atoms with E-state index in [9.17, 15) is 0 Å². The molecule has 0 aliphatic carbocycles. The average molecular weight is 164 g/mol. The Morgan fingerprint density at radius 2 is 1.83 bits per heavy atom. The van der Waals surface area contributed by atoms with Crippen LogP contribution in [0.3, 0.4) is 0 Å². The highest BCUT2D eigenvalue weighted by Gasteiger charge is 1.96. The molecule has 0 saturated heterocycles. The monoisotopic (exact) mass is 164 g/mol. The molecule has 0 unspecified atom stereocenters. The van der Waals surface area contributed by atoms with E-state index in [1.54, 1.807) is 0 Å². The van der Waals surface area contributed by atoms with Crippen LogP contribution in [0, 0.1) is 0 Å². The van der Waals surface area contributed by atoms with Crippen molar-refractivity contribution >= 4 is 5.57 Å². The first-order valence-electron chi connectivity index (χ1n) is 3.80. The van der Waals surface area contributed by atoms with Gasteiger partial charge in [0.25, 0.3) is 0 Å². The molecule has 2 heteroatoms. The summed E-state index contributed by atoms with van der Waals surface area (Å²) in [6, 6.07) is 9.60. The molecule has 0 aliphatic rings. The van der Waals surface area contributed by atoms with Gasteiger partial charge >= 0.3 is 0 Å². The second kappa shape index (κ2) is 4.04. The highest BCUT2D eigenvalue weighted by Crippen LogP contribution is 2.12. The van der Waals surface area contributed by atoms with Gasteiger partial charge in [0.2, 0.25) is 0 Å². The van der Waals surface area contributed by atoms with Crippen molar-refractivity contribution in [1.82, 2.24) is 0 Å². The van der Waals surface area contributed by atoms with Gasteiger partial charge in [0, 0.05) is 0 Å². The van der Waals surface area contributed by atoms with E-state index in [4.69, 9.17) is 10.2 Å². The Morgan fingerprint density at radius 3 is 2.33 bits per heavy atom. The zero-order chi connectivity index (χ0) is 8.97. The maximum atomic E-state index is 8.66. The highest BCUT2D eigenvalue weighted by molar-refractivity contribution is 5.63. The molecule has 0 saturated carbocycles. The van der Waals surface area contributed by atoms with Crippen LogP contribution in [0.4, 0.5) is 0 Å². The van der Waals surface area contributed by atoms with Crippen molar-refractivity contribution in [2.75, 3.05) is 0 Å². The van der Waals surface area contributed by atoms with Crippen molar-refractivity contribution in [2.24, 2.45) is 0 Å². The Hall–Kier alpha value is -1.12. The molecule has 64 valence electrons. The van der Waals surface area contributed by atoms with E-state index in [1.807, 2.05) is 37.3 Å². The minimum Gasteiger partial charge on any atom is -0.365 e. The zero-order valence-corrected chi connectivity index (χ0v) is 6.94. The van der Waals surface area contributed by atoms with Gasteiger partial charge in [-0.25, -0.2) is 0 Å². The third-order valence-electron chi connectivity index (χ3n) is 1.63. The first kappa shape index (κ1) is 8.97. The van der Waals surface area contributed by atoms with Crippen LogP contribution in [-0.2, 0) is 0 Å². The maximum Gasteiger partial charge on any atom is 0.171 e. The lowest BCUT2D eigenvalue weighted by molar-refractivity contribution is 0.00275. The molecular weight excluding hydrogens is 152 g/mol. The van der Waals surface area contributed by atoms with Gasteiger partial charge < -0.3 is 10.2 Å². The molecule has 0 aromatic heterocycles. The Balaban J connectivity index is 2.85. The first-order valence-corrected chi connectivity index (χ1v) is 3.80. The molecule has 1 aromatic rings. The lowest BCUT2D eigenvalue weighted by Gasteiger charge is -2.01. The summed E-state index contributed by atoms with van der Waals surface area (Å²) < 4.78 is 0. The standard InChI is InChI=1S/C10H12O2/c1-8(7-10(11)12)9-5-3-2-4-6-9/h2-7,10-12H,1H3. The fourth-order valence-electron chi connectivity index (χ4n) is 1.02. The SMILES string of the molecule is CC(=CC(O)O)c1ccccc1. The van der Waals surface area contributed by atoms with Crippen LogP contribution in [0.15, 0.2) is 36.4 Å². The molecule has 0 radical (unpaired) electrons. The molecule has 2 nitrogen and oxygen atoms in total. The largest absolute Gasteiger partial charge is 0.365 e. The number of hydrogen-bond donors (Lipinski definition) is 2. The Labute approximate surface area is 71.8 Å². The van der Waals surface area contributed by atoms with E-state index in [1.165, 1.54) is 6.08 Å². The third-order valence-corrected chi connectivity index (χ3v) is 1.63. The normalized spacial score (nSPS) is 12.2. The number of benzene rings is 1. The number of hydrogen-bond acceptors (Lipinski definition) is 2. The van der Waals surface area contributed by atoms with E-state index in [0.29, 0.717) is 0 Å².